The van der Waals surface area contributed by atoms with E-state index >= 15 is 0 Å². The van der Waals surface area contributed by atoms with E-state index in [0.717, 1.165) is 31.5 Å². The van der Waals surface area contributed by atoms with Crippen molar-refractivity contribution < 1.29 is 5.11 Å². The Kier molecular flexibility index (Phi) is 7.51. The Bertz CT molecular complexity index is 1380. The minimum Gasteiger partial charge on any atom is -0.384 e. The van der Waals surface area contributed by atoms with Crippen molar-refractivity contribution >= 4 is 22.7 Å². The van der Waals surface area contributed by atoms with Gasteiger partial charge in [-0.3, -0.25) is 4.79 Å². The van der Waals surface area contributed by atoms with Gasteiger partial charge in [0, 0.05) is 25.0 Å². The van der Waals surface area contributed by atoms with E-state index in [-0.39, 0.29) is 5.56 Å². The van der Waals surface area contributed by atoms with E-state index in [2.05, 4.69) is 53.3 Å². The van der Waals surface area contributed by atoms with E-state index in [1.165, 1.54) is 5.56 Å². The minimum atomic E-state index is -1.12. The van der Waals surface area contributed by atoms with E-state index in [1.807, 2.05) is 24.3 Å². The molecule has 0 unspecified atom stereocenters. The first-order valence-corrected chi connectivity index (χ1v) is 12.4. The number of aliphatic hydroxyl groups is 1. The zero-order chi connectivity index (χ0) is 25.9. The maximum Gasteiger partial charge on any atom is 0.278 e. The van der Waals surface area contributed by atoms with Crippen LogP contribution in [-0.4, -0.2) is 55.0 Å². The number of likely N-dealkylation sites (N-methyl/N-ethyl adjacent to an activating group) is 1. The molecular weight excluding hydrogens is 454 g/mol. The molecule has 4 rings (SSSR count). The summed E-state index contributed by atoms with van der Waals surface area (Å²) in [6.45, 7) is 6.97. The van der Waals surface area contributed by atoms with Crippen molar-refractivity contribution in [2.45, 2.75) is 52.2 Å². The number of nitrogens with one attached hydrogen (secondary N) is 1. The molecule has 3 aromatic heterocycles. The smallest absolute Gasteiger partial charge is 0.278 e. The fraction of sp³-hybridized carbons (Fsp3) is 0.407. The van der Waals surface area contributed by atoms with Gasteiger partial charge in [0.2, 0.25) is 5.95 Å². The molecule has 9 nitrogen and oxygen atoms in total. The lowest BCUT2D eigenvalue weighted by Crippen LogP contribution is -2.24. The first kappa shape index (κ1) is 25.5. The summed E-state index contributed by atoms with van der Waals surface area (Å²) in [7, 11) is 4.13. The molecule has 9 heteroatoms. The molecule has 190 valence electrons. The fourth-order valence-corrected chi connectivity index (χ4v) is 3.95. The highest BCUT2D eigenvalue weighted by Crippen LogP contribution is 2.22. The molecule has 0 atom stereocenters. The molecule has 0 radical (unpaired) electrons. The molecule has 0 saturated heterocycles. The molecule has 0 aliphatic heterocycles. The van der Waals surface area contributed by atoms with Gasteiger partial charge in [0.1, 0.15) is 11.0 Å². The minimum absolute atomic E-state index is 0.161. The Morgan fingerprint density at radius 1 is 1.08 bits per heavy atom. The van der Waals surface area contributed by atoms with Crippen LogP contribution in [0.4, 0.5) is 11.6 Å². The van der Waals surface area contributed by atoms with Gasteiger partial charge in [-0.2, -0.15) is 4.98 Å². The number of nitrogens with zero attached hydrogens (tertiary/aromatic N) is 6. The highest BCUT2D eigenvalue weighted by Gasteiger charge is 2.22. The maximum absolute atomic E-state index is 13.3. The number of anilines is 2. The molecule has 1 aromatic carbocycles. The first-order valence-electron chi connectivity index (χ1n) is 12.4. The van der Waals surface area contributed by atoms with Crippen molar-refractivity contribution in [2.75, 3.05) is 26.0 Å². The molecule has 0 bridgehead atoms. The Morgan fingerprint density at radius 2 is 1.83 bits per heavy atom. The van der Waals surface area contributed by atoms with Crippen molar-refractivity contribution in [2.24, 2.45) is 0 Å². The van der Waals surface area contributed by atoms with Crippen LogP contribution < -0.4 is 10.9 Å². The van der Waals surface area contributed by atoms with Crippen LogP contribution in [0.5, 0.6) is 0 Å². The third-order valence-corrected chi connectivity index (χ3v) is 6.03. The average Bonchev–Trinajstić information content (AvgIpc) is 3.12. The summed E-state index contributed by atoms with van der Waals surface area (Å²) >= 11 is 0. The highest BCUT2D eigenvalue weighted by molar-refractivity contribution is 5.77. The van der Waals surface area contributed by atoms with Crippen LogP contribution in [0.3, 0.4) is 0 Å². The number of pyridine rings is 1. The van der Waals surface area contributed by atoms with Crippen LogP contribution >= 0.6 is 0 Å². The number of benzene rings is 1. The fourth-order valence-electron chi connectivity index (χ4n) is 3.95. The zero-order valence-corrected chi connectivity index (χ0v) is 21.7. The molecule has 0 amide bonds. The second-order valence-electron chi connectivity index (χ2n) is 9.84. The number of rotatable bonds is 10. The van der Waals surface area contributed by atoms with Gasteiger partial charge in [-0.25, -0.2) is 19.3 Å². The van der Waals surface area contributed by atoms with E-state index in [0.29, 0.717) is 35.0 Å². The van der Waals surface area contributed by atoms with Gasteiger partial charge in [0.05, 0.1) is 5.69 Å². The molecule has 4 aromatic rings. The van der Waals surface area contributed by atoms with Crippen molar-refractivity contribution in [3.63, 3.8) is 0 Å². The van der Waals surface area contributed by atoms with Crippen molar-refractivity contribution in [1.82, 2.24) is 29.2 Å². The van der Waals surface area contributed by atoms with Gasteiger partial charge in [-0.15, -0.1) is 0 Å². The predicted molar refractivity (Wildman–Crippen MR) is 143 cm³/mol. The van der Waals surface area contributed by atoms with Crippen LogP contribution in [0.25, 0.3) is 16.9 Å². The summed E-state index contributed by atoms with van der Waals surface area (Å²) in [5, 5.41) is 14.2. The molecular formula is C27H35N7O2. The van der Waals surface area contributed by atoms with Crippen LogP contribution in [-0.2, 0) is 18.6 Å². The number of fused-ring (bicyclic) bond motifs is 1. The highest BCUT2D eigenvalue weighted by atomic mass is 16.3. The Hall–Kier alpha value is -3.56. The number of hydrogen-bond acceptors (Lipinski definition) is 7. The van der Waals surface area contributed by atoms with Gasteiger partial charge in [0.25, 0.3) is 5.56 Å². The maximum atomic E-state index is 13.3. The lowest BCUT2D eigenvalue weighted by atomic mass is 10.1. The van der Waals surface area contributed by atoms with Gasteiger partial charge in [-0.05, 0) is 70.6 Å². The van der Waals surface area contributed by atoms with Crippen molar-refractivity contribution in [3.05, 3.63) is 70.3 Å². The Balaban J connectivity index is 1.74. The molecule has 0 fully saturated rings. The summed E-state index contributed by atoms with van der Waals surface area (Å²) in [6.07, 6.45) is 4.31. The largest absolute Gasteiger partial charge is 0.384 e. The molecule has 36 heavy (non-hydrogen) atoms. The van der Waals surface area contributed by atoms with Gasteiger partial charge >= 0.3 is 0 Å². The normalized spacial score (nSPS) is 12.0. The summed E-state index contributed by atoms with van der Waals surface area (Å²) in [6, 6.07) is 13.6. The third kappa shape index (κ3) is 5.63. The Morgan fingerprint density at radius 3 is 2.50 bits per heavy atom. The van der Waals surface area contributed by atoms with Gasteiger partial charge < -0.3 is 15.3 Å². The lowest BCUT2D eigenvalue weighted by molar-refractivity contribution is 0.0738. The van der Waals surface area contributed by atoms with Crippen LogP contribution in [0.2, 0.25) is 0 Å². The first-order chi connectivity index (χ1) is 17.2. The van der Waals surface area contributed by atoms with Crippen molar-refractivity contribution in [3.8, 4) is 5.82 Å². The van der Waals surface area contributed by atoms with E-state index < -0.39 is 5.60 Å². The number of hydrogen-bond donors (Lipinski definition) is 2. The van der Waals surface area contributed by atoms with Gasteiger partial charge in [-0.1, -0.05) is 31.5 Å². The number of unbranched alkanes of at least 4 members (excludes halogenated alkanes) is 1. The topological polar surface area (TPSA) is 101 Å². The Labute approximate surface area is 211 Å². The molecule has 3 heterocycles. The summed E-state index contributed by atoms with van der Waals surface area (Å²) in [4.78, 5) is 29.3. The second kappa shape index (κ2) is 10.6. The standard InChI is InChI=1S/C27H35N7O2/c1-6-7-16-33-25(35)21-18-28-26(29-20-13-11-19(12-14-20)15-17-32(4)5)31-24(21)34(33)23-10-8-9-22(30-23)27(2,3)36/h8-14,18,36H,6-7,15-17H2,1-5H3,(H,28,29,31). The second-order valence-corrected chi connectivity index (χ2v) is 9.84. The lowest BCUT2D eigenvalue weighted by Gasteiger charge is -2.18. The molecule has 0 saturated carbocycles. The summed E-state index contributed by atoms with van der Waals surface area (Å²) in [5.74, 6) is 0.913. The van der Waals surface area contributed by atoms with E-state index in [9.17, 15) is 9.90 Å². The van der Waals surface area contributed by atoms with E-state index in [1.54, 1.807) is 35.5 Å². The van der Waals surface area contributed by atoms with E-state index in [4.69, 9.17) is 4.98 Å². The summed E-state index contributed by atoms with van der Waals surface area (Å²) < 4.78 is 3.39. The SMILES string of the molecule is CCCCn1c(=O)c2cnc(Nc3ccc(CCN(C)C)cc3)nc2n1-c1cccc(C(C)(C)O)n1. The monoisotopic (exact) mass is 489 g/mol. The average molecular weight is 490 g/mol. The van der Waals surface area contributed by atoms with Crippen molar-refractivity contribution in [1.29, 1.82) is 0 Å². The molecule has 0 spiro atoms. The molecule has 0 aliphatic rings. The molecule has 0 aliphatic carbocycles. The quantitative estimate of drug-likeness (QED) is 0.349. The summed E-state index contributed by atoms with van der Waals surface area (Å²) in [5.41, 5.74) is 1.82. The zero-order valence-electron chi connectivity index (χ0n) is 21.7. The third-order valence-electron chi connectivity index (χ3n) is 6.03. The van der Waals surface area contributed by atoms with Crippen LogP contribution in [0.15, 0.2) is 53.5 Å². The predicted octanol–water partition coefficient (Wildman–Crippen LogP) is 3.85. The van der Waals surface area contributed by atoms with Crippen LogP contribution in [0.1, 0.15) is 44.9 Å². The number of aromatic nitrogens is 5. The van der Waals surface area contributed by atoms with Gasteiger partial charge in [0.15, 0.2) is 11.5 Å². The van der Waals surface area contributed by atoms with Crippen LogP contribution in [0, 0.1) is 0 Å². The molecule has 2 N–H and O–H groups in total.